The van der Waals surface area contributed by atoms with Gasteiger partial charge in [0.15, 0.2) is 0 Å². The molecule has 1 atom stereocenters. The average molecular weight is 182 g/mol. The molecule has 0 aliphatic heterocycles. The summed E-state index contributed by atoms with van der Waals surface area (Å²) in [5.41, 5.74) is 2.04. The van der Waals surface area contributed by atoms with Crippen LogP contribution in [0, 0.1) is 0 Å². The van der Waals surface area contributed by atoms with Crippen molar-refractivity contribution in [2.24, 2.45) is 0 Å². The summed E-state index contributed by atoms with van der Waals surface area (Å²) >= 11 is 1.28. The summed E-state index contributed by atoms with van der Waals surface area (Å²) in [7, 11) is 0.843. The zero-order valence-corrected chi connectivity index (χ0v) is 7.85. The van der Waals surface area contributed by atoms with Gasteiger partial charge in [0.25, 0.3) is 0 Å². The second-order valence-electron chi connectivity index (χ2n) is 2.22. The first-order chi connectivity index (χ1) is 5.40. The highest BCUT2D eigenvalue weighted by atomic mass is 32.1. The van der Waals surface area contributed by atoms with Crippen LogP contribution in [0.1, 0.15) is 0 Å². The van der Waals surface area contributed by atoms with E-state index < -0.39 is 0 Å². The van der Waals surface area contributed by atoms with Crippen molar-refractivity contribution < 1.29 is 0 Å². The van der Waals surface area contributed by atoms with Crippen LogP contribution in [0.5, 0.6) is 0 Å². The molecule has 4 heteroatoms. The summed E-state index contributed by atoms with van der Waals surface area (Å²) in [5.74, 6) is 0. The van der Waals surface area contributed by atoms with Crippen molar-refractivity contribution in [1.82, 2.24) is 8.75 Å². The molecule has 0 amide bonds. The van der Waals surface area contributed by atoms with Crippen molar-refractivity contribution in [3.63, 3.8) is 0 Å². The lowest BCUT2D eigenvalue weighted by atomic mass is 10.3. The first-order valence-corrected chi connectivity index (χ1v) is 5.53. The van der Waals surface area contributed by atoms with E-state index in [0.29, 0.717) is 0 Å². The van der Waals surface area contributed by atoms with Gasteiger partial charge in [0.05, 0.1) is 11.7 Å². The van der Waals surface area contributed by atoms with Gasteiger partial charge >= 0.3 is 0 Å². The molecule has 0 radical (unpaired) electrons. The van der Waals surface area contributed by atoms with E-state index >= 15 is 0 Å². The molecule has 11 heavy (non-hydrogen) atoms. The number of hydrogen-bond acceptors (Lipinski definition) is 3. The third-order valence-corrected chi connectivity index (χ3v) is 2.99. The van der Waals surface area contributed by atoms with Crippen LogP contribution in [0.15, 0.2) is 18.2 Å². The first-order valence-electron chi connectivity index (χ1n) is 3.30. The third kappa shape index (κ3) is 1.26. The zero-order valence-electron chi connectivity index (χ0n) is 6.03. The van der Waals surface area contributed by atoms with Crippen molar-refractivity contribution in [2.45, 2.75) is 0 Å². The maximum absolute atomic E-state index is 4.16. The zero-order chi connectivity index (χ0) is 7.68. The Balaban J connectivity index is 2.67. The molecule has 0 spiro atoms. The van der Waals surface area contributed by atoms with E-state index in [1.165, 1.54) is 17.0 Å². The van der Waals surface area contributed by atoms with E-state index in [-0.39, 0.29) is 0 Å². The lowest BCUT2D eigenvalue weighted by Crippen LogP contribution is -1.90. The van der Waals surface area contributed by atoms with Gasteiger partial charge in [-0.1, -0.05) is 14.6 Å². The van der Waals surface area contributed by atoms with Gasteiger partial charge in [-0.15, -0.1) is 0 Å². The number of hydrogen-bond donors (Lipinski definition) is 0. The lowest BCUT2D eigenvalue weighted by molar-refractivity contribution is 1.66. The number of fused-ring (bicyclic) bond motifs is 1. The van der Waals surface area contributed by atoms with Gasteiger partial charge in [-0.3, -0.25) is 0 Å². The van der Waals surface area contributed by atoms with Crippen LogP contribution in [0.4, 0.5) is 0 Å². The molecular formula is C7H7N2PS. The summed E-state index contributed by atoms with van der Waals surface area (Å²) < 4.78 is 8.29. The van der Waals surface area contributed by atoms with Crippen LogP contribution >= 0.6 is 20.3 Å². The molecule has 0 aliphatic rings. The Labute approximate surface area is 70.8 Å². The van der Waals surface area contributed by atoms with Gasteiger partial charge in [-0.05, 0) is 24.1 Å². The molecule has 56 valence electrons. The summed E-state index contributed by atoms with van der Waals surface area (Å²) in [6, 6.07) is 6.25. The Kier molecular flexibility index (Phi) is 1.84. The second-order valence-corrected chi connectivity index (χ2v) is 3.82. The van der Waals surface area contributed by atoms with Crippen LogP contribution < -0.4 is 5.30 Å². The maximum atomic E-state index is 4.16. The summed E-state index contributed by atoms with van der Waals surface area (Å²) in [6.45, 7) is 2.17. The largest absolute Gasteiger partial charge is 0.173 e. The number of nitrogens with zero attached hydrogens (tertiary/aromatic N) is 2. The molecule has 2 nitrogen and oxygen atoms in total. The maximum Gasteiger partial charge on any atom is 0.105 e. The van der Waals surface area contributed by atoms with Gasteiger partial charge in [-0.25, -0.2) is 0 Å². The molecule has 0 N–H and O–H groups in total. The van der Waals surface area contributed by atoms with Gasteiger partial charge in [-0.2, -0.15) is 8.75 Å². The quantitative estimate of drug-likeness (QED) is 0.626. The number of benzene rings is 1. The van der Waals surface area contributed by atoms with Crippen molar-refractivity contribution >= 4 is 36.6 Å². The third-order valence-electron chi connectivity index (χ3n) is 1.54. The molecule has 2 rings (SSSR count). The summed E-state index contributed by atoms with van der Waals surface area (Å²) in [6.07, 6.45) is 0. The topological polar surface area (TPSA) is 25.8 Å². The van der Waals surface area contributed by atoms with Crippen molar-refractivity contribution in [3.8, 4) is 0 Å². The fourth-order valence-corrected chi connectivity index (χ4v) is 1.99. The van der Waals surface area contributed by atoms with Crippen molar-refractivity contribution in [3.05, 3.63) is 18.2 Å². The van der Waals surface area contributed by atoms with Crippen LogP contribution in [-0.4, -0.2) is 15.4 Å². The molecule has 0 aliphatic carbocycles. The van der Waals surface area contributed by atoms with Crippen LogP contribution in [-0.2, 0) is 0 Å². The number of rotatable bonds is 1. The predicted octanol–water partition coefficient (Wildman–Crippen LogP) is 1.62. The van der Waals surface area contributed by atoms with Crippen molar-refractivity contribution in [1.29, 1.82) is 0 Å². The van der Waals surface area contributed by atoms with Gasteiger partial charge in [0.1, 0.15) is 11.0 Å². The Hall–Kier alpha value is -0.530. The fraction of sp³-hybridized carbons (Fsp3) is 0.143. The van der Waals surface area contributed by atoms with E-state index in [0.717, 1.165) is 19.6 Å². The van der Waals surface area contributed by atoms with Crippen LogP contribution in [0.3, 0.4) is 0 Å². The Morgan fingerprint density at radius 2 is 2.09 bits per heavy atom. The number of aromatic nitrogens is 2. The molecule has 2 aromatic rings. The van der Waals surface area contributed by atoms with Crippen LogP contribution in [0.25, 0.3) is 11.0 Å². The highest BCUT2D eigenvalue weighted by Crippen LogP contribution is 2.12. The van der Waals surface area contributed by atoms with E-state index in [1.54, 1.807) is 0 Å². The minimum absolute atomic E-state index is 0.843. The van der Waals surface area contributed by atoms with E-state index in [2.05, 4.69) is 27.5 Å². The Morgan fingerprint density at radius 3 is 2.91 bits per heavy atom. The van der Waals surface area contributed by atoms with Gasteiger partial charge in [0.2, 0.25) is 0 Å². The molecule has 0 saturated carbocycles. The molecule has 0 saturated heterocycles. The van der Waals surface area contributed by atoms with Gasteiger partial charge in [0, 0.05) is 0 Å². The molecule has 1 aromatic carbocycles. The molecule has 0 bridgehead atoms. The second kappa shape index (κ2) is 2.84. The molecule has 0 fully saturated rings. The van der Waals surface area contributed by atoms with Gasteiger partial charge < -0.3 is 0 Å². The molecule has 1 aromatic heterocycles. The molecule has 1 unspecified atom stereocenters. The monoisotopic (exact) mass is 182 g/mol. The highest BCUT2D eigenvalue weighted by Gasteiger charge is 1.97. The highest BCUT2D eigenvalue weighted by molar-refractivity contribution is 7.46. The standard InChI is InChI=1S/C7H7N2PS/c1-10-5-2-3-6-7(4-5)9-11-8-6/h2-4,10H,1H3. The smallest absolute Gasteiger partial charge is 0.105 e. The summed E-state index contributed by atoms with van der Waals surface area (Å²) in [4.78, 5) is 0. The lowest BCUT2D eigenvalue weighted by Gasteiger charge is -1.92. The van der Waals surface area contributed by atoms with Crippen LogP contribution in [0.2, 0.25) is 0 Å². The van der Waals surface area contributed by atoms with Crippen molar-refractivity contribution in [2.75, 3.05) is 6.66 Å². The fourth-order valence-electron chi connectivity index (χ4n) is 0.938. The average Bonchev–Trinajstić information content (AvgIpc) is 2.50. The van der Waals surface area contributed by atoms with E-state index in [9.17, 15) is 0 Å². The van der Waals surface area contributed by atoms with E-state index in [4.69, 9.17) is 0 Å². The SMILES string of the molecule is CPc1ccc2nsnc2c1. The molecule has 1 heterocycles. The first kappa shape index (κ1) is 7.14. The Bertz CT molecular complexity index is 371. The minimum Gasteiger partial charge on any atom is -0.173 e. The minimum atomic E-state index is 0.843. The molecular weight excluding hydrogens is 175 g/mol. The summed E-state index contributed by atoms with van der Waals surface area (Å²) in [5, 5.41) is 1.35. The Morgan fingerprint density at radius 1 is 1.27 bits per heavy atom. The van der Waals surface area contributed by atoms with E-state index in [1.807, 2.05) is 6.07 Å². The predicted molar refractivity (Wildman–Crippen MR) is 51.3 cm³/mol. The normalized spacial score (nSPS) is 11.7.